The summed E-state index contributed by atoms with van der Waals surface area (Å²) in [5.41, 5.74) is 9.02. The van der Waals surface area contributed by atoms with Crippen molar-refractivity contribution in [3.63, 3.8) is 0 Å². The van der Waals surface area contributed by atoms with E-state index >= 15 is 0 Å². The highest BCUT2D eigenvalue weighted by molar-refractivity contribution is 6.21. The third-order valence-electron chi connectivity index (χ3n) is 8.77. The largest absolute Gasteiger partial charge is 0.456 e. The quantitative estimate of drug-likeness (QED) is 0.190. The van der Waals surface area contributed by atoms with Crippen LogP contribution in [0.3, 0.4) is 0 Å². The van der Waals surface area contributed by atoms with Gasteiger partial charge in [0.15, 0.2) is 0 Å². The molecule has 1 heteroatoms. The molecule has 0 aliphatic carbocycles. The first-order valence-electron chi connectivity index (χ1n) is 17.5. The van der Waals surface area contributed by atoms with Gasteiger partial charge in [-0.3, -0.25) is 0 Å². The highest BCUT2D eigenvalue weighted by Crippen LogP contribution is 2.45. The molecule has 0 aliphatic rings. The van der Waals surface area contributed by atoms with E-state index in [2.05, 4.69) is 78.9 Å². The molecule has 1 heterocycles. The van der Waals surface area contributed by atoms with Crippen LogP contribution in [0.1, 0.15) is 6.85 Å². The summed E-state index contributed by atoms with van der Waals surface area (Å²) >= 11 is 0. The lowest BCUT2D eigenvalue weighted by molar-refractivity contribution is 0.669. The van der Waals surface area contributed by atoms with Gasteiger partial charge in [0.1, 0.15) is 11.2 Å². The van der Waals surface area contributed by atoms with Crippen molar-refractivity contribution in [2.24, 2.45) is 0 Å². The van der Waals surface area contributed by atoms with Crippen molar-refractivity contribution in [1.82, 2.24) is 0 Å². The normalized spacial score (nSPS) is 13.1. The zero-order valence-electron chi connectivity index (χ0n) is 29.2. The first-order chi connectivity index (χ1) is 24.4. The molecule has 9 rings (SSSR count). The van der Waals surface area contributed by atoms with Gasteiger partial charge < -0.3 is 4.42 Å². The van der Waals surface area contributed by atoms with E-state index in [1.807, 2.05) is 60.7 Å². The molecular weight excluding hydrogens is 544 g/mol. The fourth-order valence-corrected chi connectivity index (χ4v) is 6.86. The van der Waals surface area contributed by atoms with Crippen LogP contribution in [0.2, 0.25) is 0 Å². The Balaban J connectivity index is 1.28. The molecule has 0 atom stereocenters. The van der Waals surface area contributed by atoms with Gasteiger partial charge in [-0.2, -0.15) is 0 Å². The van der Waals surface area contributed by atoms with E-state index in [1.54, 1.807) is 0 Å². The number of furan rings is 1. The molecule has 0 fully saturated rings. The summed E-state index contributed by atoms with van der Waals surface area (Å²) in [5, 5.41) is 5.71. The van der Waals surface area contributed by atoms with Crippen LogP contribution in [-0.4, -0.2) is 0 Å². The number of para-hydroxylation sites is 1. The maximum atomic E-state index is 8.83. The van der Waals surface area contributed by atoms with E-state index < -0.39 is 6.04 Å². The standard InChI is InChI=1S/C44H28O/c1-3-13-30(14-4-1)41-34-17-7-9-19-36(34)42(37-20-10-8-18-35(37)41)32-25-23-29(24-26-32)33-27-28-40-44(38-21-11-12-22-39(38)45-40)43(33)31-15-5-2-6-16-31/h1-28H/i1D,3D,4D,13D,14D. The highest BCUT2D eigenvalue weighted by Gasteiger charge is 2.19. The average molecular weight is 578 g/mol. The van der Waals surface area contributed by atoms with E-state index in [4.69, 9.17) is 11.3 Å². The van der Waals surface area contributed by atoms with Crippen molar-refractivity contribution < 1.29 is 11.3 Å². The summed E-state index contributed by atoms with van der Waals surface area (Å²) < 4.78 is 48.9. The van der Waals surface area contributed by atoms with Crippen molar-refractivity contribution in [3.8, 4) is 44.5 Å². The van der Waals surface area contributed by atoms with Gasteiger partial charge in [0.25, 0.3) is 0 Å². The van der Waals surface area contributed by atoms with Crippen LogP contribution in [0, 0.1) is 0 Å². The monoisotopic (exact) mass is 577 g/mol. The van der Waals surface area contributed by atoms with Gasteiger partial charge in [0.05, 0.1) is 6.85 Å². The van der Waals surface area contributed by atoms with E-state index in [0.29, 0.717) is 5.56 Å². The summed E-state index contributed by atoms with van der Waals surface area (Å²) in [6.45, 7) is 0. The Morgan fingerprint density at radius 1 is 0.356 bits per heavy atom. The molecule has 45 heavy (non-hydrogen) atoms. The predicted octanol–water partition coefficient (Wildman–Crippen LogP) is 12.6. The molecule has 1 nitrogen and oxygen atoms in total. The maximum Gasteiger partial charge on any atom is 0.136 e. The minimum atomic E-state index is -0.399. The first-order valence-corrected chi connectivity index (χ1v) is 15.0. The molecule has 0 radical (unpaired) electrons. The molecule has 0 aliphatic heterocycles. The zero-order valence-corrected chi connectivity index (χ0v) is 24.2. The molecule has 0 saturated heterocycles. The second-order valence-electron chi connectivity index (χ2n) is 11.2. The first kappa shape index (κ1) is 20.9. The number of hydrogen-bond acceptors (Lipinski definition) is 1. The predicted molar refractivity (Wildman–Crippen MR) is 190 cm³/mol. The molecule has 0 bridgehead atoms. The van der Waals surface area contributed by atoms with Gasteiger partial charge in [-0.25, -0.2) is 0 Å². The third kappa shape index (κ3) is 4.09. The maximum absolute atomic E-state index is 8.83. The van der Waals surface area contributed by atoms with E-state index in [0.717, 1.165) is 76.9 Å². The lowest BCUT2D eigenvalue weighted by Gasteiger charge is -2.18. The summed E-state index contributed by atoms with van der Waals surface area (Å²) in [6.07, 6.45) is 0. The SMILES string of the molecule is [2H]c1c([2H])c([2H])c(-c2c3ccccc3c(-c3ccc(-c4ccc5oc6ccccc6c5c4-c4ccccc4)cc3)c3ccccc23)c([2H])c1[2H]. The third-order valence-corrected chi connectivity index (χ3v) is 8.77. The topological polar surface area (TPSA) is 13.1 Å². The smallest absolute Gasteiger partial charge is 0.136 e. The average Bonchev–Trinajstić information content (AvgIpc) is 3.55. The van der Waals surface area contributed by atoms with E-state index in [-0.39, 0.29) is 29.7 Å². The lowest BCUT2D eigenvalue weighted by atomic mass is 9.85. The van der Waals surface area contributed by atoms with Crippen molar-refractivity contribution in [2.75, 3.05) is 0 Å². The Labute approximate surface area is 268 Å². The lowest BCUT2D eigenvalue weighted by Crippen LogP contribution is -1.91. The van der Waals surface area contributed by atoms with Crippen LogP contribution in [-0.2, 0) is 0 Å². The summed E-state index contributed by atoms with van der Waals surface area (Å²) in [7, 11) is 0. The summed E-state index contributed by atoms with van der Waals surface area (Å²) in [4.78, 5) is 0. The molecule has 1 aromatic heterocycles. The molecule has 0 unspecified atom stereocenters. The number of benzene rings is 8. The number of rotatable bonds is 4. The van der Waals surface area contributed by atoms with E-state index in [1.165, 1.54) is 0 Å². The van der Waals surface area contributed by atoms with Crippen LogP contribution in [0.15, 0.2) is 174 Å². The van der Waals surface area contributed by atoms with Crippen LogP contribution in [0.25, 0.3) is 88.0 Å². The number of hydrogen-bond donors (Lipinski definition) is 0. The second kappa shape index (κ2) is 10.4. The van der Waals surface area contributed by atoms with Gasteiger partial charge >= 0.3 is 0 Å². The number of fused-ring (bicyclic) bond motifs is 5. The molecule has 8 aromatic carbocycles. The Kier molecular flexibility index (Phi) is 4.81. The molecule has 0 spiro atoms. The fraction of sp³-hybridized carbons (Fsp3) is 0. The molecular formula is C44H28O. The summed E-state index contributed by atoms with van der Waals surface area (Å²) in [6, 6.07) is 45.8. The van der Waals surface area contributed by atoms with Crippen LogP contribution in [0.5, 0.6) is 0 Å². The van der Waals surface area contributed by atoms with E-state index in [9.17, 15) is 0 Å². The Morgan fingerprint density at radius 2 is 0.867 bits per heavy atom. The van der Waals surface area contributed by atoms with Crippen molar-refractivity contribution in [3.05, 3.63) is 170 Å². The molecule has 0 N–H and O–H groups in total. The Hall–Kier alpha value is -5.92. The van der Waals surface area contributed by atoms with Crippen LogP contribution in [0.4, 0.5) is 0 Å². The van der Waals surface area contributed by atoms with Crippen molar-refractivity contribution in [1.29, 1.82) is 0 Å². The van der Waals surface area contributed by atoms with Crippen molar-refractivity contribution in [2.45, 2.75) is 0 Å². The molecule has 0 saturated carbocycles. The van der Waals surface area contributed by atoms with Gasteiger partial charge in [0.2, 0.25) is 0 Å². The van der Waals surface area contributed by atoms with Gasteiger partial charge in [-0.1, -0.05) is 158 Å². The second-order valence-corrected chi connectivity index (χ2v) is 11.2. The molecule has 210 valence electrons. The van der Waals surface area contributed by atoms with Crippen molar-refractivity contribution >= 4 is 43.5 Å². The van der Waals surface area contributed by atoms with Gasteiger partial charge in [-0.15, -0.1) is 0 Å². The zero-order chi connectivity index (χ0) is 34.1. The van der Waals surface area contributed by atoms with Gasteiger partial charge in [0, 0.05) is 16.3 Å². The molecule has 0 amide bonds. The summed E-state index contributed by atoms with van der Waals surface area (Å²) in [5.74, 6) is 0. The Morgan fingerprint density at radius 3 is 1.51 bits per heavy atom. The highest BCUT2D eigenvalue weighted by atomic mass is 16.3. The van der Waals surface area contributed by atoms with Crippen LogP contribution >= 0.6 is 0 Å². The molecule has 9 aromatic rings. The minimum absolute atomic E-state index is 0.208. The Bertz CT molecular complexity index is 2720. The van der Waals surface area contributed by atoms with Crippen LogP contribution < -0.4 is 0 Å². The minimum Gasteiger partial charge on any atom is -0.456 e. The van der Waals surface area contributed by atoms with Gasteiger partial charge in [-0.05, 0) is 72.6 Å². The fourth-order valence-electron chi connectivity index (χ4n) is 6.86.